The van der Waals surface area contributed by atoms with E-state index in [-0.39, 0.29) is 23.1 Å². The maximum Gasteiger partial charge on any atom is 0.305 e. The van der Waals surface area contributed by atoms with Crippen LogP contribution in [0, 0.1) is 0 Å². The second-order valence-corrected chi connectivity index (χ2v) is 5.68. The third-order valence-electron chi connectivity index (χ3n) is 2.80. The minimum atomic E-state index is -1.07. The van der Waals surface area contributed by atoms with Crippen LogP contribution in [0.25, 0.3) is 0 Å². The number of carbonyl (C=O) groups is 2. The van der Waals surface area contributed by atoms with Gasteiger partial charge in [0.05, 0.1) is 12.1 Å². The molecule has 1 fully saturated rings. The number of aromatic hydroxyl groups is 2. The first kappa shape index (κ1) is 15.8. The van der Waals surface area contributed by atoms with E-state index in [4.69, 9.17) is 5.11 Å². The summed E-state index contributed by atoms with van der Waals surface area (Å²) < 4.78 is 0. The lowest BCUT2D eigenvalue weighted by Crippen LogP contribution is -2.26. The maximum atomic E-state index is 11.5. The molecule has 1 aliphatic rings. The van der Waals surface area contributed by atoms with Crippen LogP contribution in [-0.4, -0.2) is 43.3 Å². The van der Waals surface area contributed by atoms with Crippen LogP contribution < -0.4 is 5.32 Å². The molecular formula is C13H13N3O5S. The standard InChI is InChI=1S/C13H13N3O5S/c1-6(8-3-2-7(17)4-9(8)18)15-16-13-14-12(21)10(22-13)5-11(19)20/h2-4,10,17-18H,5H2,1H3,(H,19,20)(H,14,16,21)/b15-6-. The minimum absolute atomic E-state index is 0.0736. The number of carboxylic acid groups (broad SMARTS) is 1. The SMILES string of the molecule is C/C(=N/N=C1\NC(=O)C(CC(=O)O)S1)c1ccc(O)cc1O. The molecule has 1 atom stereocenters. The average Bonchev–Trinajstić information content (AvgIpc) is 2.76. The molecule has 4 N–H and O–H groups in total. The molecule has 1 saturated heterocycles. The maximum absolute atomic E-state index is 11.5. The number of benzene rings is 1. The number of carbonyl (C=O) groups excluding carboxylic acids is 1. The van der Waals surface area contributed by atoms with Crippen LogP contribution in [0.5, 0.6) is 11.5 Å². The number of rotatable bonds is 4. The average molecular weight is 323 g/mol. The molecule has 116 valence electrons. The first-order valence-electron chi connectivity index (χ1n) is 6.20. The van der Waals surface area contributed by atoms with Crippen LogP contribution in [0.1, 0.15) is 18.9 Å². The van der Waals surface area contributed by atoms with Crippen LogP contribution in [0.2, 0.25) is 0 Å². The topological polar surface area (TPSA) is 132 Å². The summed E-state index contributed by atoms with van der Waals surface area (Å²) in [5.41, 5.74) is 0.764. The summed E-state index contributed by atoms with van der Waals surface area (Å²) in [7, 11) is 0. The van der Waals surface area contributed by atoms with Crippen molar-refractivity contribution >= 4 is 34.5 Å². The zero-order chi connectivity index (χ0) is 16.3. The first-order valence-corrected chi connectivity index (χ1v) is 7.08. The summed E-state index contributed by atoms with van der Waals surface area (Å²) in [5, 5.41) is 37.3. The molecule has 9 heteroatoms. The first-order chi connectivity index (χ1) is 10.4. The van der Waals surface area contributed by atoms with E-state index in [0.29, 0.717) is 11.3 Å². The molecule has 0 radical (unpaired) electrons. The molecule has 2 rings (SSSR count). The van der Waals surface area contributed by atoms with Crippen molar-refractivity contribution in [3.63, 3.8) is 0 Å². The summed E-state index contributed by atoms with van der Waals surface area (Å²) in [6.07, 6.45) is -0.295. The van der Waals surface area contributed by atoms with Crippen molar-refractivity contribution < 1.29 is 24.9 Å². The van der Waals surface area contributed by atoms with E-state index in [1.807, 2.05) is 0 Å². The molecule has 0 saturated carbocycles. The molecule has 0 aliphatic carbocycles. The Bertz CT molecular complexity index is 686. The van der Waals surface area contributed by atoms with Gasteiger partial charge in [-0.3, -0.25) is 9.59 Å². The number of nitrogens with one attached hydrogen (secondary N) is 1. The summed E-state index contributed by atoms with van der Waals surface area (Å²) in [5.74, 6) is -1.71. The van der Waals surface area contributed by atoms with Gasteiger partial charge in [-0.1, -0.05) is 11.8 Å². The Morgan fingerprint density at radius 1 is 1.41 bits per heavy atom. The van der Waals surface area contributed by atoms with Gasteiger partial charge in [0, 0.05) is 11.6 Å². The molecule has 0 spiro atoms. The fraction of sp³-hybridized carbons (Fsp3) is 0.231. The second kappa shape index (κ2) is 6.48. The highest BCUT2D eigenvalue weighted by molar-refractivity contribution is 8.15. The van der Waals surface area contributed by atoms with Gasteiger partial charge in [0.2, 0.25) is 5.91 Å². The Balaban J connectivity index is 2.13. The van der Waals surface area contributed by atoms with Crippen molar-refractivity contribution in [2.24, 2.45) is 10.2 Å². The molecule has 22 heavy (non-hydrogen) atoms. The van der Waals surface area contributed by atoms with Crippen molar-refractivity contribution in [1.29, 1.82) is 0 Å². The monoisotopic (exact) mass is 323 g/mol. The third-order valence-corrected chi connectivity index (χ3v) is 3.87. The molecule has 0 bridgehead atoms. The Morgan fingerprint density at radius 2 is 2.14 bits per heavy atom. The lowest BCUT2D eigenvalue weighted by molar-refractivity contribution is -0.138. The van der Waals surface area contributed by atoms with E-state index >= 15 is 0 Å². The van der Waals surface area contributed by atoms with Gasteiger partial charge in [0.15, 0.2) is 5.17 Å². The number of phenolic OH excluding ortho intramolecular Hbond substituents is 2. The van der Waals surface area contributed by atoms with Gasteiger partial charge >= 0.3 is 5.97 Å². The molecule has 0 aromatic heterocycles. The van der Waals surface area contributed by atoms with Crippen LogP contribution in [0.15, 0.2) is 28.4 Å². The molecule has 1 aliphatic heterocycles. The van der Waals surface area contributed by atoms with Crippen molar-refractivity contribution in [3.05, 3.63) is 23.8 Å². The Hall–Kier alpha value is -2.55. The number of aliphatic carboxylic acids is 1. The van der Waals surface area contributed by atoms with E-state index < -0.39 is 17.1 Å². The Morgan fingerprint density at radius 3 is 2.77 bits per heavy atom. The molecule has 8 nitrogen and oxygen atoms in total. The lowest BCUT2D eigenvalue weighted by atomic mass is 10.1. The molecule has 1 unspecified atom stereocenters. The Kier molecular flexibility index (Phi) is 4.66. The number of thioether (sulfide) groups is 1. The van der Waals surface area contributed by atoms with Gasteiger partial charge in [-0.05, 0) is 19.1 Å². The van der Waals surface area contributed by atoms with Crippen LogP contribution in [0.4, 0.5) is 0 Å². The number of nitrogens with zero attached hydrogens (tertiary/aromatic N) is 2. The predicted octanol–water partition coefficient (Wildman–Crippen LogP) is 0.884. The number of carboxylic acids is 1. The van der Waals surface area contributed by atoms with Gasteiger partial charge in [0.25, 0.3) is 0 Å². The van der Waals surface area contributed by atoms with E-state index in [2.05, 4.69) is 15.5 Å². The smallest absolute Gasteiger partial charge is 0.305 e. The quantitative estimate of drug-likeness (QED) is 0.480. The highest BCUT2D eigenvalue weighted by Gasteiger charge is 2.32. The number of hydrogen-bond donors (Lipinski definition) is 4. The van der Waals surface area contributed by atoms with Gasteiger partial charge in [0.1, 0.15) is 16.7 Å². The highest BCUT2D eigenvalue weighted by atomic mass is 32.2. The number of phenols is 2. The third kappa shape index (κ3) is 3.76. The summed E-state index contributed by atoms with van der Waals surface area (Å²) in [4.78, 5) is 22.1. The normalized spacial score (nSPS) is 20.2. The predicted molar refractivity (Wildman–Crippen MR) is 81.2 cm³/mol. The fourth-order valence-electron chi connectivity index (χ4n) is 1.75. The number of amidine groups is 1. The van der Waals surface area contributed by atoms with Crippen molar-refractivity contribution in [2.75, 3.05) is 0 Å². The van der Waals surface area contributed by atoms with Crippen LogP contribution in [0.3, 0.4) is 0 Å². The van der Waals surface area contributed by atoms with E-state index in [9.17, 15) is 19.8 Å². The van der Waals surface area contributed by atoms with Crippen molar-refractivity contribution in [2.45, 2.75) is 18.6 Å². The zero-order valence-corrected chi connectivity index (χ0v) is 12.3. The van der Waals surface area contributed by atoms with Crippen LogP contribution in [-0.2, 0) is 9.59 Å². The summed E-state index contributed by atoms with van der Waals surface area (Å²) in [6, 6.07) is 4.06. The van der Waals surface area contributed by atoms with Gasteiger partial charge < -0.3 is 20.6 Å². The van der Waals surface area contributed by atoms with Gasteiger partial charge in [-0.25, -0.2) is 0 Å². The van der Waals surface area contributed by atoms with Gasteiger partial charge in [-0.2, -0.15) is 5.10 Å². The fourth-order valence-corrected chi connectivity index (χ4v) is 2.65. The van der Waals surface area contributed by atoms with E-state index in [1.165, 1.54) is 18.2 Å². The van der Waals surface area contributed by atoms with Gasteiger partial charge in [-0.15, -0.1) is 5.10 Å². The molecule has 1 amide bonds. The second-order valence-electron chi connectivity index (χ2n) is 4.49. The summed E-state index contributed by atoms with van der Waals surface area (Å²) >= 11 is 0.990. The zero-order valence-electron chi connectivity index (χ0n) is 11.5. The molecule has 1 aromatic rings. The van der Waals surface area contributed by atoms with Crippen molar-refractivity contribution in [1.82, 2.24) is 5.32 Å². The number of hydrogen-bond acceptors (Lipinski definition) is 7. The minimum Gasteiger partial charge on any atom is -0.508 e. The number of amides is 1. The van der Waals surface area contributed by atoms with E-state index in [1.54, 1.807) is 6.92 Å². The Labute approximate surface area is 129 Å². The molecule has 1 aromatic carbocycles. The van der Waals surface area contributed by atoms with Crippen LogP contribution >= 0.6 is 11.8 Å². The lowest BCUT2D eigenvalue weighted by Gasteiger charge is -2.03. The van der Waals surface area contributed by atoms with Crippen molar-refractivity contribution in [3.8, 4) is 11.5 Å². The largest absolute Gasteiger partial charge is 0.508 e. The highest BCUT2D eigenvalue weighted by Crippen LogP contribution is 2.24. The molecular weight excluding hydrogens is 310 g/mol. The summed E-state index contributed by atoms with van der Waals surface area (Å²) in [6.45, 7) is 1.60. The molecule has 1 heterocycles. The van der Waals surface area contributed by atoms with E-state index in [0.717, 1.165) is 11.8 Å².